The summed E-state index contributed by atoms with van der Waals surface area (Å²) in [5, 5.41) is 11.8. The van der Waals surface area contributed by atoms with E-state index in [1.807, 2.05) is 37.3 Å². The molecule has 3 rings (SSSR count). The van der Waals surface area contributed by atoms with E-state index in [0.717, 1.165) is 11.1 Å². The first kappa shape index (κ1) is 11.5. The second-order valence-corrected chi connectivity index (χ2v) is 4.25. The minimum Gasteiger partial charge on any atom is -0.434 e. The maximum atomic E-state index is 11.7. The highest BCUT2D eigenvalue weighted by atomic mass is 16.5. The molecule has 0 aliphatic carbocycles. The maximum absolute atomic E-state index is 11.7. The average Bonchev–Trinajstić information content (AvgIpc) is 2.85. The first-order valence-electron chi connectivity index (χ1n) is 5.90. The van der Waals surface area contributed by atoms with Crippen LogP contribution < -0.4 is 0 Å². The standard InChI is InChI=1S/C14H11N3O2/c1-9-12(11-7-8-19-14(11)18)13(16-17-15-9)10-5-3-2-4-6-10/h2-8,11H,1H3. The number of cyclic esters (lactones) is 1. The minimum atomic E-state index is -0.460. The summed E-state index contributed by atoms with van der Waals surface area (Å²) in [6.45, 7) is 1.82. The molecule has 1 aliphatic rings. The third-order valence-electron chi connectivity index (χ3n) is 3.05. The van der Waals surface area contributed by atoms with Crippen molar-refractivity contribution in [2.75, 3.05) is 0 Å². The first-order chi connectivity index (χ1) is 9.27. The van der Waals surface area contributed by atoms with Gasteiger partial charge in [-0.05, 0) is 18.2 Å². The number of hydrogen-bond donors (Lipinski definition) is 0. The summed E-state index contributed by atoms with van der Waals surface area (Å²) in [4.78, 5) is 11.7. The molecule has 1 atom stereocenters. The van der Waals surface area contributed by atoms with Crippen LogP contribution in [0.25, 0.3) is 11.3 Å². The highest BCUT2D eigenvalue weighted by Gasteiger charge is 2.29. The zero-order valence-corrected chi connectivity index (χ0v) is 10.3. The number of ether oxygens (including phenoxy) is 1. The van der Waals surface area contributed by atoms with Gasteiger partial charge in [-0.15, -0.1) is 10.2 Å². The fraction of sp³-hybridized carbons (Fsp3) is 0.143. The zero-order chi connectivity index (χ0) is 13.2. The van der Waals surface area contributed by atoms with E-state index in [9.17, 15) is 4.79 Å². The van der Waals surface area contributed by atoms with Gasteiger partial charge in [0.25, 0.3) is 0 Å². The van der Waals surface area contributed by atoms with Gasteiger partial charge >= 0.3 is 5.97 Å². The lowest BCUT2D eigenvalue weighted by Gasteiger charge is -2.12. The lowest BCUT2D eigenvalue weighted by molar-refractivity contribution is -0.136. The molecule has 2 aromatic rings. The van der Waals surface area contributed by atoms with Gasteiger partial charge in [0.1, 0.15) is 11.6 Å². The third kappa shape index (κ3) is 1.99. The van der Waals surface area contributed by atoms with Crippen LogP contribution in [0.2, 0.25) is 0 Å². The molecule has 0 N–H and O–H groups in total. The number of aromatic nitrogens is 3. The highest BCUT2D eigenvalue weighted by molar-refractivity contribution is 5.86. The number of aryl methyl sites for hydroxylation is 1. The molecule has 0 saturated carbocycles. The van der Waals surface area contributed by atoms with Gasteiger partial charge in [-0.2, -0.15) is 0 Å². The molecule has 19 heavy (non-hydrogen) atoms. The molecule has 0 spiro atoms. The first-order valence-corrected chi connectivity index (χ1v) is 5.90. The predicted octanol–water partition coefficient (Wildman–Crippen LogP) is 2.00. The molecule has 2 heterocycles. The van der Waals surface area contributed by atoms with Gasteiger partial charge < -0.3 is 4.74 Å². The van der Waals surface area contributed by atoms with Gasteiger partial charge in [0, 0.05) is 11.1 Å². The Balaban J connectivity index is 2.18. The van der Waals surface area contributed by atoms with Crippen LogP contribution >= 0.6 is 0 Å². The van der Waals surface area contributed by atoms with Gasteiger partial charge in [0.2, 0.25) is 0 Å². The number of rotatable bonds is 2. The van der Waals surface area contributed by atoms with E-state index in [-0.39, 0.29) is 5.97 Å². The molecule has 0 radical (unpaired) electrons. The second kappa shape index (κ2) is 4.61. The number of esters is 1. The molecule has 94 valence electrons. The maximum Gasteiger partial charge on any atom is 0.322 e. The number of carbonyl (C=O) groups is 1. The number of carbonyl (C=O) groups excluding carboxylic acids is 1. The molecule has 5 nitrogen and oxygen atoms in total. The van der Waals surface area contributed by atoms with Crippen LogP contribution in [0.5, 0.6) is 0 Å². The molecular weight excluding hydrogens is 242 g/mol. The van der Waals surface area contributed by atoms with Crippen LogP contribution in [0.3, 0.4) is 0 Å². The van der Waals surface area contributed by atoms with Crippen LogP contribution in [0.15, 0.2) is 42.7 Å². The Kier molecular flexibility index (Phi) is 2.79. The van der Waals surface area contributed by atoms with Gasteiger partial charge in [-0.3, -0.25) is 4.79 Å². The van der Waals surface area contributed by atoms with E-state index in [4.69, 9.17) is 4.74 Å². The van der Waals surface area contributed by atoms with Crippen molar-refractivity contribution in [3.8, 4) is 11.3 Å². The average molecular weight is 253 g/mol. The number of nitrogens with zero attached hydrogens (tertiary/aromatic N) is 3. The Morgan fingerprint density at radius 1 is 1.16 bits per heavy atom. The fourth-order valence-corrected chi connectivity index (χ4v) is 2.15. The molecule has 1 unspecified atom stereocenters. The fourth-order valence-electron chi connectivity index (χ4n) is 2.15. The lowest BCUT2D eigenvalue weighted by Crippen LogP contribution is -2.12. The van der Waals surface area contributed by atoms with Crippen molar-refractivity contribution in [1.82, 2.24) is 15.4 Å². The van der Waals surface area contributed by atoms with E-state index in [0.29, 0.717) is 11.4 Å². The van der Waals surface area contributed by atoms with Crippen molar-refractivity contribution in [1.29, 1.82) is 0 Å². The van der Waals surface area contributed by atoms with E-state index in [1.54, 1.807) is 6.08 Å². The van der Waals surface area contributed by atoms with Crippen LogP contribution in [-0.2, 0) is 9.53 Å². The highest BCUT2D eigenvalue weighted by Crippen LogP contribution is 2.32. The predicted molar refractivity (Wildman–Crippen MR) is 68.0 cm³/mol. The summed E-state index contributed by atoms with van der Waals surface area (Å²) in [5.74, 6) is -0.770. The van der Waals surface area contributed by atoms with E-state index in [2.05, 4.69) is 15.4 Å². The van der Waals surface area contributed by atoms with Crippen LogP contribution in [0.4, 0.5) is 0 Å². The Hall–Kier alpha value is -2.56. The summed E-state index contributed by atoms with van der Waals surface area (Å²) in [7, 11) is 0. The molecule has 0 bridgehead atoms. The van der Waals surface area contributed by atoms with E-state index < -0.39 is 5.92 Å². The zero-order valence-electron chi connectivity index (χ0n) is 10.3. The molecule has 5 heteroatoms. The van der Waals surface area contributed by atoms with E-state index in [1.165, 1.54) is 6.26 Å². The quantitative estimate of drug-likeness (QED) is 0.766. The van der Waals surface area contributed by atoms with Gasteiger partial charge in [0.15, 0.2) is 0 Å². The molecular formula is C14H11N3O2. The van der Waals surface area contributed by atoms with Crippen LogP contribution in [0, 0.1) is 6.92 Å². The van der Waals surface area contributed by atoms with Crippen molar-refractivity contribution in [3.05, 3.63) is 53.9 Å². The summed E-state index contributed by atoms with van der Waals surface area (Å²) in [6.07, 6.45) is 3.11. The minimum absolute atomic E-state index is 0.310. The Labute approximate surface area is 109 Å². The summed E-state index contributed by atoms with van der Waals surface area (Å²) in [5.41, 5.74) is 3.01. The van der Waals surface area contributed by atoms with Crippen LogP contribution in [0.1, 0.15) is 17.2 Å². The SMILES string of the molecule is Cc1nnnc(-c2ccccc2)c1C1C=COC1=O. The van der Waals surface area contributed by atoms with Gasteiger partial charge in [0.05, 0.1) is 12.0 Å². The molecule has 1 aromatic carbocycles. The normalized spacial score (nSPS) is 17.5. The smallest absolute Gasteiger partial charge is 0.322 e. The molecule has 0 fully saturated rings. The van der Waals surface area contributed by atoms with E-state index >= 15 is 0 Å². The number of hydrogen-bond acceptors (Lipinski definition) is 5. The van der Waals surface area contributed by atoms with Crippen molar-refractivity contribution in [2.45, 2.75) is 12.8 Å². The summed E-state index contributed by atoms with van der Waals surface area (Å²) >= 11 is 0. The Morgan fingerprint density at radius 3 is 2.63 bits per heavy atom. The number of benzene rings is 1. The topological polar surface area (TPSA) is 65.0 Å². The van der Waals surface area contributed by atoms with Crippen molar-refractivity contribution in [2.24, 2.45) is 0 Å². The monoisotopic (exact) mass is 253 g/mol. The molecule has 1 aliphatic heterocycles. The second-order valence-electron chi connectivity index (χ2n) is 4.25. The summed E-state index contributed by atoms with van der Waals surface area (Å²) in [6, 6.07) is 9.61. The molecule has 0 amide bonds. The Morgan fingerprint density at radius 2 is 1.95 bits per heavy atom. The molecule has 1 aromatic heterocycles. The van der Waals surface area contributed by atoms with Crippen molar-refractivity contribution < 1.29 is 9.53 Å². The van der Waals surface area contributed by atoms with Crippen LogP contribution in [-0.4, -0.2) is 21.4 Å². The van der Waals surface area contributed by atoms with Crippen molar-refractivity contribution in [3.63, 3.8) is 0 Å². The Bertz CT molecular complexity index is 653. The van der Waals surface area contributed by atoms with Crippen molar-refractivity contribution >= 4 is 5.97 Å². The van der Waals surface area contributed by atoms with Gasteiger partial charge in [-0.25, -0.2) is 0 Å². The lowest BCUT2D eigenvalue weighted by atomic mass is 9.94. The molecule has 0 saturated heterocycles. The van der Waals surface area contributed by atoms with Gasteiger partial charge in [-0.1, -0.05) is 30.3 Å². The summed E-state index contributed by atoms with van der Waals surface area (Å²) < 4.78 is 4.87. The third-order valence-corrected chi connectivity index (χ3v) is 3.05. The largest absolute Gasteiger partial charge is 0.434 e.